The molecule has 1 aromatic carbocycles. The first-order valence-corrected chi connectivity index (χ1v) is 8.91. The van der Waals surface area contributed by atoms with E-state index in [0.29, 0.717) is 24.7 Å². The number of ether oxygens (including phenoxy) is 3. The zero-order valence-electron chi connectivity index (χ0n) is 15.6. The molecule has 26 heavy (non-hydrogen) atoms. The van der Waals surface area contributed by atoms with Crippen LogP contribution in [0, 0.1) is 0 Å². The van der Waals surface area contributed by atoms with Gasteiger partial charge in [-0.1, -0.05) is 13.0 Å². The molecule has 7 heteroatoms. The summed E-state index contributed by atoms with van der Waals surface area (Å²) in [6.45, 7) is 4.12. The van der Waals surface area contributed by atoms with Crippen molar-refractivity contribution in [2.75, 3.05) is 34.0 Å². The quantitative estimate of drug-likeness (QED) is 0.784. The van der Waals surface area contributed by atoms with Gasteiger partial charge in [0, 0.05) is 18.8 Å². The van der Waals surface area contributed by atoms with Gasteiger partial charge in [0.2, 0.25) is 0 Å². The Morgan fingerprint density at radius 1 is 1.27 bits per heavy atom. The van der Waals surface area contributed by atoms with Gasteiger partial charge in [-0.25, -0.2) is 0 Å². The summed E-state index contributed by atoms with van der Waals surface area (Å²) in [5, 5.41) is 17.3. The van der Waals surface area contributed by atoms with Crippen LogP contribution in [0.25, 0.3) is 0 Å². The van der Waals surface area contributed by atoms with Gasteiger partial charge in [0.1, 0.15) is 6.10 Å². The fraction of sp³-hybridized carbons (Fsp3) is 0.526. The van der Waals surface area contributed by atoms with Crippen molar-refractivity contribution in [3.8, 4) is 11.5 Å². The number of hydrogen-bond donors (Lipinski definition) is 2. The minimum Gasteiger partial charge on any atom is -0.493 e. The largest absolute Gasteiger partial charge is 0.493 e. The lowest BCUT2D eigenvalue weighted by Crippen LogP contribution is -2.46. The van der Waals surface area contributed by atoms with Crippen LogP contribution >= 0.6 is 0 Å². The normalized spacial score (nSPS) is 20.9. The maximum absolute atomic E-state index is 9.85. The Labute approximate surface area is 153 Å². The molecule has 0 radical (unpaired) electrons. The minimum absolute atomic E-state index is 0.0430. The number of morpholine rings is 1. The second-order valence-corrected chi connectivity index (χ2v) is 6.36. The number of methoxy groups -OCH3 is 2. The molecule has 1 aromatic heterocycles. The molecule has 142 valence electrons. The average Bonchev–Trinajstić information content (AvgIpc) is 3.14. The summed E-state index contributed by atoms with van der Waals surface area (Å²) >= 11 is 0. The molecule has 1 fully saturated rings. The van der Waals surface area contributed by atoms with E-state index in [9.17, 15) is 5.11 Å². The molecule has 2 heterocycles. The molecule has 0 aliphatic carbocycles. The Balaban J connectivity index is 1.90. The molecule has 1 aliphatic rings. The van der Waals surface area contributed by atoms with Crippen LogP contribution in [0.5, 0.6) is 11.5 Å². The van der Waals surface area contributed by atoms with Crippen molar-refractivity contribution in [2.45, 2.75) is 32.0 Å². The molecule has 0 bridgehead atoms. The van der Waals surface area contributed by atoms with E-state index in [1.807, 2.05) is 18.2 Å². The lowest BCUT2D eigenvalue weighted by atomic mass is 9.97. The van der Waals surface area contributed by atoms with Crippen LogP contribution in [0.4, 0.5) is 0 Å². The molecular weight excluding hydrogens is 334 g/mol. The molecule has 1 saturated heterocycles. The Morgan fingerprint density at radius 2 is 2.08 bits per heavy atom. The van der Waals surface area contributed by atoms with E-state index >= 15 is 0 Å². The predicted molar refractivity (Wildman–Crippen MR) is 97.5 cm³/mol. The summed E-state index contributed by atoms with van der Waals surface area (Å²) in [5.41, 5.74) is 3.14. The summed E-state index contributed by atoms with van der Waals surface area (Å²) < 4.78 is 16.6. The zero-order valence-corrected chi connectivity index (χ0v) is 15.6. The summed E-state index contributed by atoms with van der Waals surface area (Å²) in [6.07, 6.45) is 0.605. The number of H-pyrrole nitrogens is 1. The van der Waals surface area contributed by atoms with Gasteiger partial charge in [-0.05, 0) is 30.2 Å². The Kier molecular flexibility index (Phi) is 6.13. The highest BCUT2D eigenvalue weighted by Gasteiger charge is 2.34. The third-order valence-electron chi connectivity index (χ3n) is 4.80. The van der Waals surface area contributed by atoms with Gasteiger partial charge in [0.25, 0.3) is 0 Å². The van der Waals surface area contributed by atoms with E-state index in [4.69, 9.17) is 14.2 Å². The maximum Gasteiger partial charge on any atom is 0.161 e. The second-order valence-electron chi connectivity index (χ2n) is 6.36. The molecule has 1 aliphatic heterocycles. The highest BCUT2D eigenvalue weighted by molar-refractivity contribution is 5.44. The number of aromatic nitrogens is 2. The van der Waals surface area contributed by atoms with Gasteiger partial charge in [-0.15, -0.1) is 0 Å². The van der Waals surface area contributed by atoms with Crippen molar-refractivity contribution in [3.05, 3.63) is 41.2 Å². The predicted octanol–water partition coefficient (Wildman–Crippen LogP) is 1.92. The van der Waals surface area contributed by atoms with Gasteiger partial charge in [0.05, 0.1) is 39.2 Å². The van der Waals surface area contributed by atoms with Crippen molar-refractivity contribution >= 4 is 0 Å². The van der Waals surface area contributed by atoms with Crippen LogP contribution in [0.3, 0.4) is 0 Å². The molecule has 3 rings (SSSR count). The first-order valence-electron chi connectivity index (χ1n) is 8.91. The summed E-state index contributed by atoms with van der Waals surface area (Å²) in [4.78, 5) is 2.30. The van der Waals surface area contributed by atoms with Crippen molar-refractivity contribution in [1.82, 2.24) is 15.1 Å². The van der Waals surface area contributed by atoms with E-state index in [1.165, 1.54) is 0 Å². The lowest BCUT2D eigenvalue weighted by Gasteiger charge is -2.40. The summed E-state index contributed by atoms with van der Waals surface area (Å²) in [5.74, 6) is 1.35. The molecule has 2 aromatic rings. The van der Waals surface area contributed by atoms with Crippen molar-refractivity contribution in [3.63, 3.8) is 0 Å². The fourth-order valence-electron chi connectivity index (χ4n) is 3.47. The Bertz CT molecular complexity index is 719. The van der Waals surface area contributed by atoms with Gasteiger partial charge in [-0.2, -0.15) is 5.10 Å². The molecule has 0 saturated carbocycles. The van der Waals surface area contributed by atoms with Crippen LogP contribution < -0.4 is 9.47 Å². The van der Waals surface area contributed by atoms with Gasteiger partial charge >= 0.3 is 0 Å². The molecule has 7 nitrogen and oxygen atoms in total. The number of nitrogens with one attached hydrogen (secondary N) is 1. The Morgan fingerprint density at radius 3 is 2.73 bits per heavy atom. The second kappa shape index (κ2) is 8.53. The third kappa shape index (κ3) is 3.85. The van der Waals surface area contributed by atoms with E-state index < -0.39 is 0 Å². The smallest absolute Gasteiger partial charge is 0.161 e. The number of aryl methyl sites for hydroxylation is 1. The van der Waals surface area contributed by atoms with Crippen molar-refractivity contribution < 1.29 is 19.3 Å². The maximum atomic E-state index is 9.85. The van der Waals surface area contributed by atoms with Crippen molar-refractivity contribution in [2.24, 2.45) is 0 Å². The highest BCUT2D eigenvalue weighted by atomic mass is 16.5. The SMILES string of the molecule is CCc1cc(CN2CCO[C@H](CO)[C@H]2c2ccc(OC)c(OC)c2)[nH]n1. The first kappa shape index (κ1) is 18.7. The molecular formula is C19H27N3O4. The van der Waals surface area contributed by atoms with E-state index in [1.54, 1.807) is 14.2 Å². The molecule has 0 spiro atoms. The number of rotatable bonds is 7. The van der Waals surface area contributed by atoms with Crippen LogP contribution in [0.2, 0.25) is 0 Å². The zero-order chi connectivity index (χ0) is 18.5. The molecule has 0 unspecified atom stereocenters. The average molecular weight is 361 g/mol. The first-order chi connectivity index (χ1) is 12.7. The van der Waals surface area contributed by atoms with Crippen LogP contribution in [-0.4, -0.2) is 60.3 Å². The third-order valence-corrected chi connectivity index (χ3v) is 4.80. The monoisotopic (exact) mass is 361 g/mol. The van der Waals surface area contributed by atoms with E-state index in [-0.39, 0.29) is 18.8 Å². The number of benzene rings is 1. The van der Waals surface area contributed by atoms with Crippen LogP contribution in [0.15, 0.2) is 24.3 Å². The molecule has 0 amide bonds. The lowest BCUT2D eigenvalue weighted by molar-refractivity contribution is -0.0964. The topological polar surface area (TPSA) is 79.8 Å². The van der Waals surface area contributed by atoms with Gasteiger partial charge in [0.15, 0.2) is 11.5 Å². The van der Waals surface area contributed by atoms with Gasteiger partial charge < -0.3 is 19.3 Å². The van der Waals surface area contributed by atoms with Crippen molar-refractivity contribution in [1.29, 1.82) is 0 Å². The fourth-order valence-corrected chi connectivity index (χ4v) is 3.47. The molecule has 2 N–H and O–H groups in total. The summed E-state index contributed by atoms with van der Waals surface area (Å²) in [7, 11) is 3.24. The van der Waals surface area contributed by atoms with Crippen LogP contribution in [0.1, 0.15) is 29.9 Å². The summed E-state index contributed by atoms with van der Waals surface area (Å²) in [6, 6.07) is 7.86. The number of hydrogen-bond acceptors (Lipinski definition) is 6. The number of aliphatic hydroxyl groups is 1. The van der Waals surface area contributed by atoms with E-state index in [2.05, 4.69) is 28.1 Å². The van der Waals surface area contributed by atoms with E-state index in [0.717, 1.165) is 29.9 Å². The standard InChI is InChI=1S/C19H27N3O4/c1-4-14-10-15(21-20-14)11-22-7-8-26-18(12-23)19(22)13-5-6-16(24-2)17(9-13)25-3/h5-6,9-10,18-19,23H,4,7-8,11-12H2,1-3H3,(H,20,21)/t18-,19-/m1/s1. The number of aliphatic hydroxyl groups excluding tert-OH is 1. The van der Waals surface area contributed by atoms with Crippen LogP contribution in [-0.2, 0) is 17.7 Å². The minimum atomic E-state index is -0.296. The van der Waals surface area contributed by atoms with Gasteiger partial charge in [-0.3, -0.25) is 10.00 Å². The number of aromatic amines is 1. The number of nitrogens with zero attached hydrogens (tertiary/aromatic N) is 2. The highest BCUT2D eigenvalue weighted by Crippen LogP contribution is 2.36. The molecule has 2 atom stereocenters. The Hall–Kier alpha value is -2.09.